The molecule has 3 aromatic rings. The Morgan fingerprint density at radius 1 is 1.02 bits per heavy atom. The van der Waals surface area contributed by atoms with E-state index in [-0.39, 0.29) is 31.3 Å². The Kier molecular flexibility index (Phi) is 9.51. The van der Waals surface area contributed by atoms with Crippen LogP contribution in [0.15, 0.2) is 54.6 Å². The van der Waals surface area contributed by atoms with Crippen LogP contribution in [0.4, 0.5) is 16.2 Å². The smallest absolute Gasteiger partial charge is 0.323 e. The van der Waals surface area contributed by atoms with Crippen LogP contribution in [0.5, 0.6) is 17.2 Å². The molecule has 12 heteroatoms. The highest BCUT2D eigenvalue weighted by Gasteiger charge is 2.33. The number of ether oxygens (including phenoxy) is 3. The molecule has 2 heterocycles. The van der Waals surface area contributed by atoms with Crippen molar-refractivity contribution in [3.05, 3.63) is 75.8 Å². The summed E-state index contributed by atoms with van der Waals surface area (Å²) in [6.45, 7) is 5.35. The van der Waals surface area contributed by atoms with E-state index >= 15 is 0 Å². The number of halogens is 2. The molecule has 0 fully saturated rings. The Labute approximate surface area is 260 Å². The molecule has 0 saturated heterocycles. The summed E-state index contributed by atoms with van der Waals surface area (Å²) < 4.78 is 17.2. The predicted molar refractivity (Wildman–Crippen MR) is 166 cm³/mol. The average Bonchev–Trinajstić information content (AvgIpc) is 3.44. The van der Waals surface area contributed by atoms with Crippen molar-refractivity contribution < 1.29 is 28.9 Å². The van der Waals surface area contributed by atoms with Crippen LogP contribution in [0, 0.1) is 5.92 Å². The number of nitrogens with one attached hydrogen (secondary N) is 2. The molecule has 0 saturated carbocycles. The van der Waals surface area contributed by atoms with Gasteiger partial charge < -0.3 is 34.9 Å². The molecule has 3 atom stereocenters. The standard InChI is InChI=1S/C31H34Cl2N4O6/c1-18-13-37(19(2)16-38)30(39)23-11-21(34-31(40)35-22-6-9-27-28(12-22)42-17-41-27)5-8-26(23)43-29(18)15-36(3)14-20-4-7-24(32)25(33)10-20/h4-12,18-19,29,38H,13-17H2,1-3H3,(H2,34,35,40)/t18-,19+,29+/m0/s1. The van der Waals surface area contributed by atoms with Crippen molar-refractivity contribution in [1.82, 2.24) is 9.80 Å². The van der Waals surface area contributed by atoms with Gasteiger partial charge in [-0.2, -0.15) is 0 Å². The van der Waals surface area contributed by atoms with Gasteiger partial charge in [0.1, 0.15) is 11.9 Å². The summed E-state index contributed by atoms with van der Waals surface area (Å²) in [6, 6.07) is 14.7. The number of fused-ring (bicyclic) bond motifs is 2. The summed E-state index contributed by atoms with van der Waals surface area (Å²) in [4.78, 5) is 30.3. The highest BCUT2D eigenvalue weighted by molar-refractivity contribution is 6.42. The van der Waals surface area contributed by atoms with E-state index in [2.05, 4.69) is 15.5 Å². The molecule has 2 aliphatic heterocycles. The number of aliphatic hydroxyl groups is 1. The van der Waals surface area contributed by atoms with Gasteiger partial charge in [0, 0.05) is 43.0 Å². The third-order valence-corrected chi connectivity index (χ3v) is 8.22. The molecule has 0 aromatic heterocycles. The molecule has 0 aliphatic carbocycles. The van der Waals surface area contributed by atoms with Crippen molar-refractivity contribution in [3.8, 4) is 17.2 Å². The van der Waals surface area contributed by atoms with Crippen LogP contribution < -0.4 is 24.8 Å². The Morgan fingerprint density at radius 2 is 1.72 bits per heavy atom. The van der Waals surface area contributed by atoms with Crippen molar-refractivity contribution in [2.75, 3.05) is 44.2 Å². The highest BCUT2D eigenvalue weighted by atomic mass is 35.5. The monoisotopic (exact) mass is 628 g/mol. The second kappa shape index (κ2) is 13.3. The molecule has 0 radical (unpaired) electrons. The largest absolute Gasteiger partial charge is 0.488 e. The van der Waals surface area contributed by atoms with Crippen LogP contribution in [0.3, 0.4) is 0 Å². The van der Waals surface area contributed by atoms with E-state index in [1.165, 1.54) is 0 Å². The van der Waals surface area contributed by atoms with E-state index < -0.39 is 12.1 Å². The lowest BCUT2D eigenvalue weighted by molar-refractivity contribution is 0.0341. The minimum atomic E-state index is -0.492. The fraction of sp³-hybridized carbons (Fsp3) is 0.355. The third kappa shape index (κ3) is 7.27. The molecule has 2 aliphatic rings. The summed E-state index contributed by atoms with van der Waals surface area (Å²) in [5.41, 5.74) is 2.24. The first kappa shape index (κ1) is 30.7. The number of carbonyl (C=O) groups is 2. The summed E-state index contributed by atoms with van der Waals surface area (Å²) in [5.74, 6) is 1.23. The van der Waals surface area contributed by atoms with E-state index in [0.29, 0.717) is 63.9 Å². The molecule has 10 nitrogen and oxygen atoms in total. The minimum absolute atomic E-state index is 0.0485. The fourth-order valence-corrected chi connectivity index (χ4v) is 5.43. The normalized spacial score (nSPS) is 18.4. The molecule has 0 unspecified atom stereocenters. The van der Waals surface area contributed by atoms with Gasteiger partial charge in [0.15, 0.2) is 11.5 Å². The number of aliphatic hydroxyl groups excluding tert-OH is 1. The van der Waals surface area contributed by atoms with Crippen LogP contribution in [-0.2, 0) is 6.54 Å². The first-order valence-corrected chi connectivity index (χ1v) is 14.7. The van der Waals surface area contributed by atoms with Gasteiger partial charge in [-0.3, -0.25) is 9.69 Å². The first-order chi connectivity index (χ1) is 20.6. The number of nitrogens with zero attached hydrogens (tertiary/aromatic N) is 2. The van der Waals surface area contributed by atoms with Crippen LogP contribution in [0.2, 0.25) is 10.0 Å². The van der Waals surface area contributed by atoms with Gasteiger partial charge in [-0.1, -0.05) is 36.2 Å². The number of urea groups is 1. The molecular weight excluding hydrogens is 595 g/mol. The van der Waals surface area contributed by atoms with Crippen LogP contribution in [0.25, 0.3) is 0 Å². The summed E-state index contributed by atoms with van der Waals surface area (Å²) in [7, 11) is 1.99. The van der Waals surface area contributed by atoms with Gasteiger partial charge in [-0.25, -0.2) is 4.79 Å². The maximum absolute atomic E-state index is 13.7. The predicted octanol–water partition coefficient (Wildman–Crippen LogP) is 5.72. The lowest BCUT2D eigenvalue weighted by Crippen LogP contribution is -2.49. The van der Waals surface area contributed by atoms with Gasteiger partial charge in [-0.15, -0.1) is 0 Å². The van der Waals surface area contributed by atoms with Gasteiger partial charge in [-0.05, 0) is 62.0 Å². The van der Waals surface area contributed by atoms with E-state index in [1.54, 1.807) is 54.3 Å². The first-order valence-electron chi connectivity index (χ1n) is 13.9. The van der Waals surface area contributed by atoms with E-state index in [9.17, 15) is 14.7 Å². The maximum atomic E-state index is 13.7. The van der Waals surface area contributed by atoms with E-state index in [4.69, 9.17) is 37.4 Å². The number of carbonyl (C=O) groups excluding carboxylic acids is 2. The minimum Gasteiger partial charge on any atom is -0.488 e. The fourth-order valence-electron chi connectivity index (χ4n) is 5.11. The third-order valence-electron chi connectivity index (χ3n) is 7.48. The molecule has 3 N–H and O–H groups in total. The lowest BCUT2D eigenvalue weighted by Gasteiger charge is -2.38. The summed E-state index contributed by atoms with van der Waals surface area (Å²) >= 11 is 12.3. The number of amides is 3. The quantitative estimate of drug-likeness (QED) is 0.292. The number of anilines is 2. The summed E-state index contributed by atoms with van der Waals surface area (Å²) in [5, 5.41) is 16.5. The molecule has 5 rings (SSSR count). The van der Waals surface area contributed by atoms with Crippen molar-refractivity contribution in [2.45, 2.75) is 32.5 Å². The van der Waals surface area contributed by atoms with Crippen molar-refractivity contribution in [2.24, 2.45) is 5.92 Å². The van der Waals surface area contributed by atoms with Gasteiger partial charge in [0.25, 0.3) is 5.91 Å². The highest BCUT2D eigenvalue weighted by Crippen LogP contribution is 2.35. The Hall–Kier alpha value is -3.70. The number of likely N-dealkylation sites (N-methyl/N-ethyl adjacent to an activating group) is 1. The molecule has 43 heavy (non-hydrogen) atoms. The number of rotatable bonds is 8. The van der Waals surface area contributed by atoms with Gasteiger partial charge in [0.2, 0.25) is 6.79 Å². The number of benzene rings is 3. The molecule has 0 spiro atoms. The molecule has 0 bridgehead atoms. The zero-order valence-corrected chi connectivity index (χ0v) is 25.6. The Morgan fingerprint density at radius 3 is 2.44 bits per heavy atom. The van der Waals surface area contributed by atoms with Crippen LogP contribution in [0.1, 0.15) is 29.8 Å². The van der Waals surface area contributed by atoms with Crippen molar-refractivity contribution in [3.63, 3.8) is 0 Å². The molecule has 3 aromatic carbocycles. The zero-order chi connectivity index (χ0) is 30.7. The SMILES string of the molecule is C[C@H](CO)N1C[C@H](C)[C@@H](CN(C)Cc2ccc(Cl)c(Cl)c2)Oc2ccc(NC(=O)Nc3ccc4c(c3)OCO4)cc2C1=O. The molecular formula is C31H34Cl2N4O6. The molecule has 3 amide bonds. The lowest BCUT2D eigenvalue weighted by atomic mass is 9.99. The maximum Gasteiger partial charge on any atom is 0.323 e. The topological polar surface area (TPSA) is 113 Å². The summed E-state index contributed by atoms with van der Waals surface area (Å²) in [6.07, 6.45) is -0.277. The zero-order valence-electron chi connectivity index (χ0n) is 24.1. The second-order valence-electron chi connectivity index (χ2n) is 10.9. The Bertz CT molecular complexity index is 1510. The molecule has 228 valence electrons. The van der Waals surface area contributed by atoms with Crippen LogP contribution in [-0.4, -0.2) is 72.5 Å². The van der Waals surface area contributed by atoms with E-state index in [1.807, 2.05) is 26.1 Å². The Balaban J connectivity index is 1.34. The number of hydrogen-bond acceptors (Lipinski definition) is 7. The van der Waals surface area contributed by atoms with Crippen molar-refractivity contribution >= 4 is 46.5 Å². The second-order valence-corrected chi connectivity index (χ2v) is 11.7. The average molecular weight is 630 g/mol. The van der Waals surface area contributed by atoms with Crippen LogP contribution >= 0.6 is 23.2 Å². The van der Waals surface area contributed by atoms with E-state index in [0.717, 1.165) is 5.56 Å². The van der Waals surface area contributed by atoms with Gasteiger partial charge >= 0.3 is 6.03 Å². The van der Waals surface area contributed by atoms with Gasteiger partial charge in [0.05, 0.1) is 28.3 Å². The van der Waals surface area contributed by atoms with Crippen molar-refractivity contribution in [1.29, 1.82) is 0 Å². The number of hydrogen-bond donors (Lipinski definition) is 3.